The second kappa shape index (κ2) is 7.99. The first kappa shape index (κ1) is 19.6. The highest BCUT2D eigenvalue weighted by molar-refractivity contribution is 6.11. The fraction of sp³-hybridized carbons (Fsp3) is 0.125. The molecule has 3 aromatic carbocycles. The third-order valence-electron chi connectivity index (χ3n) is 5.03. The van der Waals surface area contributed by atoms with Gasteiger partial charge in [0.25, 0.3) is 5.91 Å². The first-order valence-corrected chi connectivity index (χ1v) is 9.53. The molecule has 152 valence electrons. The van der Waals surface area contributed by atoms with Gasteiger partial charge in [0.05, 0.1) is 6.04 Å². The molecule has 1 atom stereocenters. The predicted octanol–water partition coefficient (Wildman–Crippen LogP) is 5.11. The molecule has 0 bridgehead atoms. The van der Waals surface area contributed by atoms with Crippen LogP contribution in [0, 0.1) is 11.6 Å². The fourth-order valence-corrected chi connectivity index (χ4v) is 3.44. The van der Waals surface area contributed by atoms with E-state index in [-0.39, 0.29) is 23.6 Å². The van der Waals surface area contributed by atoms with Crippen molar-refractivity contribution in [2.45, 2.75) is 6.04 Å². The van der Waals surface area contributed by atoms with Gasteiger partial charge in [-0.3, -0.25) is 9.69 Å². The van der Waals surface area contributed by atoms with Crippen molar-refractivity contribution >= 4 is 23.0 Å². The van der Waals surface area contributed by atoms with E-state index in [4.69, 9.17) is 0 Å². The number of carbonyl (C=O) groups excluding carboxylic acids is 1. The molecule has 0 spiro atoms. The highest BCUT2D eigenvalue weighted by Gasteiger charge is 2.34. The van der Waals surface area contributed by atoms with Crippen molar-refractivity contribution in [3.63, 3.8) is 0 Å². The summed E-state index contributed by atoms with van der Waals surface area (Å²) in [4.78, 5) is 16.9. The van der Waals surface area contributed by atoms with Gasteiger partial charge in [0.15, 0.2) is 0 Å². The van der Waals surface area contributed by atoms with Crippen molar-refractivity contribution in [3.8, 4) is 0 Å². The first-order chi connectivity index (χ1) is 14.4. The molecule has 1 amide bonds. The Morgan fingerprint density at radius 2 is 1.40 bits per heavy atom. The number of carbonyl (C=O) groups is 1. The Balaban J connectivity index is 1.71. The van der Waals surface area contributed by atoms with Gasteiger partial charge in [-0.1, -0.05) is 12.1 Å². The number of nitrogens with zero attached hydrogens (tertiary/aromatic N) is 2. The summed E-state index contributed by atoms with van der Waals surface area (Å²) >= 11 is 0. The molecule has 1 aliphatic heterocycles. The van der Waals surface area contributed by atoms with E-state index in [1.54, 1.807) is 29.2 Å². The van der Waals surface area contributed by atoms with Gasteiger partial charge in [-0.05, 0) is 72.3 Å². The van der Waals surface area contributed by atoms with Crippen molar-refractivity contribution in [1.29, 1.82) is 0 Å². The predicted molar refractivity (Wildman–Crippen MR) is 116 cm³/mol. The van der Waals surface area contributed by atoms with Crippen molar-refractivity contribution < 1.29 is 13.6 Å². The van der Waals surface area contributed by atoms with Crippen LogP contribution in [-0.2, 0) is 4.79 Å². The molecule has 30 heavy (non-hydrogen) atoms. The summed E-state index contributed by atoms with van der Waals surface area (Å²) in [5, 5.41) is 3.08. The van der Waals surface area contributed by atoms with E-state index in [1.165, 1.54) is 24.3 Å². The topological polar surface area (TPSA) is 35.6 Å². The van der Waals surface area contributed by atoms with Gasteiger partial charge in [-0.2, -0.15) is 0 Å². The number of benzene rings is 3. The van der Waals surface area contributed by atoms with Gasteiger partial charge in [-0.25, -0.2) is 8.78 Å². The Hall–Kier alpha value is -3.67. The van der Waals surface area contributed by atoms with E-state index < -0.39 is 0 Å². The Bertz CT molecular complexity index is 1070. The number of hydrogen-bond donors (Lipinski definition) is 1. The van der Waals surface area contributed by atoms with Gasteiger partial charge in [0.1, 0.15) is 17.3 Å². The largest absolute Gasteiger partial charge is 0.378 e. The van der Waals surface area contributed by atoms with Crippen LogP contribution in [0.3, 0.4) is 0 Å². The highest BCUT2D eigenvalue weighted by atomic mass is 19.1. The molecule has 0 saturated heterocycles. The third kappa shape index (κ3) is 3.89. The second-order valence-corrected chi connectivity index (χ2v) is 7.29. The molecule has 1 aliphatic rings. The molecule has 0 aromatic heterocycles. The Morgan fingerprint density at radius 3 is 1.97 bits per heavy atom. The van der Waals surface area contributed by atoms with Crippen LogP contribution in [0.15, 0.2) is 84.6 Å². The van der Waals surface area contributed by atoms with Crippen LogP contribution in [0.5, 0.6) is 0 Å². The minimum Gasteiger partial charge on any atom is -0.378 e. The summed E-state index contributed by atoms with van der Waals surface area (Å²) in [5.74, 6) is -0.957. The highest BCUT2D eigenvalue weighted by Crippen LogP contribution is 2.36. The van der Waals surface area contributed by atoms with E-state index in [2.05, 4.69) is 5.32 Å². The zero-order valence-electron chi connectivity index (χ0n) is 16.6. The summed E-state index contributed by atoms with van der Waals surface area (Å²) in [5.41, 5.74) is 3.56. The molecule has 0 aliphatic carbocycles. The Labute approximate surface area is 174 Å². The van der Waals surface area contributed by atoms with E-state index in [0.717, 1.165) is 11.3 Å². The lowest BCUT2D eigenvalue weighted by molar-refractivity contribution is -0.114. The Morgan fingerprint density at radius 1 is 0.833 bits per heavy atom. The van der Waals surface area contributed by atoms with Gasteiger partial charge >= 0.3 is 0 Å². The average molecular weight is 405 g/mol. The zero-order valence-corrected chi connectivity index (χ0v) is 16.6. The van der Waals surface area contributed by atoms with Crippen LogP contribution < -0.4 is 15.1 Å². The Kier molecular flexibility index (Phi) is 5.23. The van der Waals surface area contributed by atoms with E-state index in [9.17, 15) is 13.6 Å². The lowest BCUT2D eigenvalue weighted by atomic mass is 10.1. The quantitative estimate of drug-likeness (QED) is 0.640. The summed E-state index contributed by atoms with van der Waals surface area (Å²) in [6, 6.07) is 19.2. The normalized spacial score (nSPS) is 15.9. The lowest BCUT2D eigenvalue weighted by Crippen LogP contribution is -2.30. The van der Waals surface area contributed by atoms with E-state index >= 15 is 0 Å². The molecule has 0 saturated carbocycles. The molecule has 1 heterocycles. The van der Waals surface area contributed by atoms with E-state index in [0.29, 0.717) is 17.1 Å². The van der Waals surface area contributed by atoms with Crippen LogP contribution in [-0.4, -0.2) is 20.0 Å². The minimum atomic E-state index is -0.366. The number of amides is 1. The lowest BCUT2D eigenvalue weighted by Gasteiger charge is -2.26. The third-order valence-corrected chi connectivity index (χ3v) is 5.03. The number of nitrogens with one attached hydrogen (secondary N) is 1. The molecular formula is C24H21F2N3O. The summed E-state index contributed by atoms with van der Waals surface area (Å²) in [7, 11) is 3.92. The van der Waals surface area contributed by atoms with Gasteiger partial charge in [0, 0.05) is 31.2 Å². The maximum absolute atomic E-state index is 13.4. The van der Waals surface area contributed by atoms with Crippen molar-refractivity contribution in [2.24, 2.45) is 0 Å². The maximum Gasteiger partial charge on any atom is 0.275 e. The van der Waals surface area contributed by atoms with Crippen molar-refractivity contribution in [3.05, 3.63) is 102 Å². The molecule has 3 aromatic rings. The monoisotopic (exact) mass is 405 g/mol. The number of hydrogen-bond acceptors (Lipinski definition) is 3. The summed E-state index contributed by atoms with van der Waals surface area (Å²) in [6.45, 7) is 0. The van der Waals surface area contributed by atoms with E-state index in [1.807, 2.05) is 49.3 Å². The van der Waals surface area contributed by atoms with Crippen LogP contribution in [0.1, 0.15) is 11.6 Å². The molecule has 4 rings (SSSR count). The molecule has 6 heteroatoms. The fourth-order valence-electron chi connectivity index (χ4n) is 3.44. The standard InChI is InChI=1S/C24H21F2N3O/c1-28(2)20-11-3-16(4-12-20)23-15-22(27-19-9-5-17(25)6-10-19)24(30)29(23)21-13-7-18(26)8-14-21/h3-15,23,27H,1-2H3/t23-/m1/s1. The average Bonchev–Trinajstić information content (AvgIpc) is 3.06. The number of anilines is 3. The molecule has 4 nitrogen and oxygen atoms in total. The second-order valence-electron chi connectivity index (χ2n) is 7.29. The van der Waals surface area contributed by atoms with Crippen LogP contribution in [0.4, 0.5) is 25.8 Å². The van der Waals surface area contributed by atoms with Gasteiger partial charge < -0.3 is 10.2 Å². The van der Waals surface area contributed by atoms with Crippen LogP contribution in [0.2, 0.25) is 0 Å². The SMILES string of the molecule is CN(C)c1ccc([C@H]2C=C(Nc3ccc(F)cc3)C(=O)N2c2ccc(F)cc2)cc1. The number of rotatable bonds is 5. The van der Waals surface area contributed by atoms with Gasteiger partial charge in [0.2, 0.25) is 0 Å². The van der Waals surface area contributed by atoms with Crippen molar-refractivity contribution in [1.82, 2.24) is 0 Å². The van der Waals surface area contributed by atoms with Gasteiger partial charge in [-0.15, -0.1) is 0 Å². The minimum absolute atomic E-state index is 0.243. The van der Waals surface area contributed by atoms with Crippen LogP contribution in [0.25, 0.3) is 0 Å². The van der Waals surface area contributed by atoms with Crippen LogP contribution >= 0.6 is 0 Å². The molecule has 1 N–H and O–H groups in total. The molecule has 0 unspecified atom stereocenters. The first-order valence-electron chi connectivity index (χ1n) is 9.53. The zero-order chi connectivity index (χ0) is 21.3. The molecule has 0 radical (unpaired) electrons. The number of halogens is 2. The summed E-state index contributed by atoms with van der Waals surface area (Å²) in [6.07, 6.45) is 1.83. The van der Waals surface area contributed by atoms with Crippen molar-refractivity contribution in [2.75, 3.05) is 29.2 Å². The summed E-state index contributed by atoms with van der Waals surface area (Å²) < 4.78 is 26.7. The molecular weight excluding hydrogens is 384 g/mol. The molecule has 0 fully saturated rings. The maximum atomic E-state index is 13.4. The smallest absolute Gasteiger partial charge is 0.275 e.